The summed E-state index contributed by atoms with van der Waals surface area (Å²) in [5.74, 6) is 1.85. The number of hydrogen-bond acceptors (Lipinski definition) is 6. The Kier molecular flexibility index (Phi) is 7.28. The molecule has 0 spiro atoms. The van der Waals surface area contributed by atoms with Gasteiger partial charge in [-0.2, -0.15) is 0 Å². The Hall–Kier alpha value is -4.06. The van der Waals surface area contributed by atoms with Gasteiger partial charge in [0.25, 0.3) is 0 Å². The van der Waals surface area contributed by atoms with E-state index in [9.17, 15) is 4.79 Å². The average molecular weight is 458 g/mol. The number of hydrogen-bond donors (Lipinski definition) is 0. The van der Waals surface area contributed by atoms with Gasteiger partial charge in [0.15, 0.2) is 17.2 Å². The topological polar surface area (TPSA) is 66.4 Å². The lowest BCUT2D eigenvalue weighted by Crippen LogP contribution is -2.10. The summed E-state index contributed by atoms with van der Waals surface area (Å²) < 4.78 is 22.8. The number of cyclic esters (lactones) is 1. The van der Waals surface area contributed by atoms with Crippen molar-refractivity contribution in [3.8, 4) is 17.2 Å². The second kappa shape index (κ2) is 10.7. The zero-order chi connectivity index (χ0) is 23.9. The van der Waals surface area contributed by atoms with Crippen LogP contribution in [0.15, 0.2) is 77.4 Å². The average Bonchev–Trinajstić information content (AvgIpc) is 3.20. The van der Waals surface area contributed by atoms with E-state index in [1.807, 2.05) is 74.5 Å². The van der Waals surface area contributed by atoms with Gasteiger partial charge in [-0.3, -0.25) is 0 Å². The zero-order valence-electron chi connectivity index (χ0n) is 19.5. The van der Waals surface area contributed by atoms with Crippen LogP contribution >= 0.6 is 0 Å². The van der Waals surface area contributed by atoms with Gasteiger partial charge in [-0.25, -0.2) is 9.79 Å². The van der Waals surface area contributed by atoms with Gasteiger partial charge >= 0.3 is 5.97 Å². The Bertz CT molecular complexity index is 1230. The number of benzene rings is 3. The molecule has 0 bridgehead atoms. The summed E-state index contributed by atoms with van der Waals surface area (Å²) in [5.41, 5.74) is 4.03. The van der Waals surface area contributed by atoms with Crippen LogP contribution in [0.25, 0.3) is 6.08 Å². The van der Waals surface area contributed by atoms with Gasteiger partial charge in [-0.15, -0.1) is 0 Å². The summed E-state index contributed by atoms with van der Waals surface area (Å²) in [5, 5.41) is 0. The third kappa shape index (κ3) is 5.64. The van der Waals surface area contributed by atoms with E-state index in [4.69, 9.17) is 18.9 Å². The van der Waals surface area contributed by atoms with Crippen LogP contribution in [0.3, 0.4) is 0 Å². The smallest absolute Gasteiger partial charge is 0.363 e. The van der Waals surface area contributed by atoms with Gasteiger partial charge in [0.2, 0.25) is 5.90 Å². The van der Waals surface area contributed by atoms with Crippen molar-refractivity contribution in [1.29, 1.82) is 0 Å². The summed E-state index contributed by atoms with van der Waals surface area (Å²) in [6.07, 6.45) is 1.67. The van der Waals surface area contributed by atoms with E-state index in [0.29, 0.717) is 37.2 Å². The molecule has 1 aliphatic rings. The van der Waals surface area contributed by atoms with Gasteiger partial charge in [0, 0.05) is 5.56 Å². The molecule has 0 atom stereocenters. The highest BCUT2D eigenvalue weighted by Crippen LogP contribution is 2.30. The van der Waals surface area contributed by atoms with Crippen LogP contribution < -0.4 is 14.2 Å². The Balaban J connectivity index is 1.44. The van der Waals surface area contributed by atoms with Crippen LogP contribution in [0.5, 0.6) is 17.2 Å². The number of nitrogens with zero attached hydrogens (tertiary/aromatic N) is 1. The fourth-order valence-corrected chi connectivity index (χ4v) is 3.54. The molecule has 0 saturated carbocycles. The molecule has 0 N–H and O–H groups in total. The fraction of sp³-hybridized carbons (Fsp3) is 0.214. The number of ether oxygens (including phenoxy) is 4. The maximum atomic E-state index is 12.3. The van der Waals surface area contributed by atoms with Gasteiger partial charge in [0.1, 0.15) is 19.0 Å². The number of aryl methyl sites for hydroxylation is 2. The van der Waals surface area contributed by atoms with E-state index in [0.717, 1.165) is 22.4 Å². The predicted octanol–water partition coefficient (Wildman–Crippen LogP) is 5.50. The molecule has 0 saturated heterocycles. The standard InChI is InChI=1S/C28H27NO5/c1-4-31-26-18-21(17-23-28(30)34-27(29-23)22-8-6-5-7-9-22)11-13-25(26)33-15-14-32-24-12-10-19(2)16-20(24)3/h5-13,16-18H,4,14-15H2,1-3H3. The van der Waals surface area contributed by atoms with E-state index in [1.165, 1.54) is 5.56 Å². The first kappa shape index (κ1) is 23.1. The minimum Gasteiger partial charge on any atom is -0.490 e. The normalized spacial score (nSPS) is 14.0. The quantitative estimate of drug-likeness (QED) is 0.241. The van der Waals surface area contributed by atoms with Crippen LogP contribution in [0, 0.1) is 13.8 Å². The number of carbonyl (C=O) groups is 1. The molecule has 174 valence electrons. The van der Waals surface area contributed by atoms with Gasteiger partial charge < -0.3 is 18.9 Å². The molecule has 6 heteroatoms. The first-order chi connectivity index (χ1) is 16.5. The Morgan fingerprint density at radius 2 is 1.59 bits per heavy atom. The molecule has 0 radical (unpaired) electrons. The van der Waals surface area contributed by atoms with Crippen LogP contribution in [-0.4, -0.2) is 31.7 Å². The second-order valence-electron chi connectivity index (χ2n) is 7.81. The highest BCUT2D eigenvalue weighted by Gasteiger charge is 2.24. The number of aliphatic imine (C=N–C) groups is 1. The molecule has 0 fully saturated rings. The molecule has 0 aliphatic carbocycles. The van der Waals surface area contributed by atoms with Crippen molar-refractivity contribution in [3.05, 3.63) is 94.7 Å². The second-order valence-corrected chi connectivity index (χ2v) is 7.81. The lowest BCUT2D eigenvalue weighted by molar-refractivity contribution is -0.129. The van der Waals surface area contributed by atoms with Crippen molar-refractivity contribution in [2.75, 3.05) is 19.8 Å². The summed E-state index contributed by atoms with van der Waals surface area (Å²) in [4.78, 5) is 16.7. The minimum absolute atomic E-state index is 0.233. The van der Waals surface area contributed by atoms with Gasteiger partial charge in [-0.05, 0) is 68.3 Å². The molecule has 4 rings (SSSR count). The predicted molar refractivity (Wildman–Crippen MR) is 132 cm³/mol. The molecule has 0 amide bonds. The summed E-state index contributed by atoms with van der Waals surface area (Å²) >= 11 is 0. The summed E-state index contributed by atoms with van der Waals surface area (Å²) in [7, 11) is 0. The molecule has 1 aliphatic heterocycles. The molecule has 0 unspecified atom stereocenters. The third-order valence-electron chi connectivity index (χ3n) is 5.14. The van der Waals surface area contributed by atoms with E-state index >= 15 is 0 Å². The van der Waals surface area contributed by atoms with Gasteiger partial charge in [0.05, 0.1) is 6.61 Å². The first-order valence-electron chi connectivity index (χ1n) is 11.2. The van der Waals surface area contributed by atoms with Crippen molar-refractivity contribution in [3.63, 3.8) is 0 Å². The molecule has 6 nitrogen and oxygen atoms in total. The number of esters is 1. The molecule has 3 aromatic carbocycles. The molecule has 0 aromatic heterocycles. The van der Waals surface area contributed by atoms with E-state index in [2.05, 4.69) is 18.0 Å². The van der Waals surface area contributed by atoms with Gasteiger partial charge in [-0.1, -0.05) is 42.0 Å². The van der Waals surface area contributed by atoms with Crippen molar-refractivity contribution < 1.29 is 23.7 Å². The zero-order valence-corrected chi connectivity index (χ0v) is 19.5. The summed E-state index contributed by atoms with van der Waals surface area (Å²) in [6.45, 7) is 7.24. The SMILES string of the molecule is CCOc1cc(C=C2N=C(c3ccccc3)OC2=O)ccc1OCCOc1ccc(C)cc1C. The largest absolute Gasteiger partial charge is 0.490 e. The Labute approximate surface area is 199 Å². The monoisotopic (exact) mass is 457 g/mol. The molecule has 34 heavy (non-hydrogen) atoms. The highest BCUT2D eigenvalue weighted by atomic mass is 16.6. The number of rotatable bonds is 9. The van der Waals surface area contributed by atoms with Crippen LogP contribution in [0.1, 0.15) is 29.2 Å². The maximum absolute atomic E-state index is 12.3. The molecular formula is C28H27NO5. The van der Waals surface area contributed by atoms with Crippen LogP contribution in [0.4, 0.5) is 0 Å². The van der Waals surface area contributed by atoms with Crippen LogP contribution in [0.2, 0.25) is 0 Å². The number of carbonyl (C=O) groups excluding carboxylic acids is 1. The van der Waals surface area contributed by atoms with E-state index in [-0.39, 0.29) is 5.70 Å². The fourth-order valence-electron chi connectivity index (χ4n) is 3.54. The third-order valence-corrected chi connectivity index (χ3v) is 5.14. The lowest BCUT2D eigenvalue weighted by atomic mass is 10.1. The summed E-state index contributed by atoms with van der Waals surface area (Å²) in [6, 6.07) is 20.9. The highest BCUT2D eigenvalue weighted by molar-refractivity contribution is 6.12. The van der Waals surface area contributed by atoms with Crippen molar-refractivity contribution >= 4 is 17.9 Å². The maximum Gasteiger partial charge on any atom is 0.363 e. The Morgan fingerprint density at radius 3 is 2.32 bits per heavy atom. The van der Waals surface area contributed by atoms with Crippen molar-refractivity contribution in [2.45, 2.75) is 20.8 Å². The first-order valence-corrected chi connectivity index (χ1v) is 11.2. The Morgan fingerprint density at radius 1 is 0.853 bits per heavy atom. The molecular weight excluding hydrogens is 430 g/mol. The minimum atomic E-state index is -0.485. The molecule has 3 aromatic rings. The lowest BCUT2D eigenvalue weighted by Gasteiger charge is -2.14. The molecule has 1 heterocycles. The van der Waals surface area contributed by atoms with Crippen molar-refractivity contribution in [2.24, 2.45) is 4.99 Å². The van der Waals surface area contributed by atoms with Crippen molar-refractivity contribution in [1.82, 2.24) is 0 Å². The van der Waals surface area contributed by atoms with E-state index < -0.39 is 5.97 Å². The van der Waals surface area contributed by atoms with Crippen LogP contribution in [-0.2, 0) is 9.53 Å². The van der Waals surface area contributed by atoms with E-state index in [1.54, 1.807) is 6.08 Å².